The Hall–Kier alpha value is -1.29. The van der Waals surface area contributed by atoms with Crippen LogP contribution in [0.4, 0.5) is 5.95 Å². The molecule has 0 spiro atoms. The zero-order valence-electron chi connectivity index (χ0n) is 11.4. The van der Waals surface area contributed by atoms with E-state index in [2.05, 4.69) is 39.4 Å². The molecule has 1 N–H and O–H groups in total. The first-order valence-electron chi connectivity index (χ1n) is 7.20. The van der Waals surface area contributed by atoms with Gasteiger partial charge in [0.15, 0.2) is 0 Å². The highest BCUT2D eigenvalue weighted by Gasteiger charge is 2.19. The summed E-state index contributed by atoms with van der Waals surface area (Å²) in [6.07, 6.45) is 10.4. The van der Waals surface area contributed by atoms with Crippen molar-refractivity contribution in [2.24, 2.45) is 0 Å². The summed E-state index contributed by atoms with van der Waals surface area (Å²) in [5, 5.41) is 5.69. The molecule has 102 valence electrons. The van der Waals surface area contributed by atoms with Gasteiger partial charge in [-0.15, -0.1) is 11.3 Å². The van der Waals surface area contributed by atoms with Crippen LogP contribution >= 0.6 is 11.3 Å². The van der Waals surface area contributed by atoms with Crippen LogP contribution in [-0.4, -0.2) is 9.55 Å². The summed E-state index contributed by atoms with van der Waals surface area (Å²) in [7, 11) is 0. The highest BCUT2D eigenvalue weighted by Crippen LogP contribution is 2.31. The summed E-state index contributed by atoms with van der Waals surface area (Å²) < 4.78 is 2.33. The SMILES string of the molecule is CCc1ccsc1CNc1nccn1C1CCCC1. The van der Waals surface area contributed by atoms with E-state index in [1.807, 2.05) is 17.5 Å². The molecule has 0 radical (unpaired) electrons. The standard InChI is InChI=1S/C15H21N3S/c1-2-12-7-10-19-14(12)11-17-15-16-8-9-18(15)13-5-3-4-6-13/h7-10,13H,2-6,11H2,1H3,(H,16,17). The highest BCUT2D eigenvalue weighted by atomic mass is 32.1. The molecule has 19 heavy (non-hydrogen) atoms. The zero-order valence-corrected chi connectivity index (χ0v) is 12.2. The predicted molar refractivity (Wildman–Crippen MR) is 80.8 cm³/mol. The number of aromatic nitrogens is 2. The highest BCUT2D eigenvalue weighted by molar-refractivity contribution is 7.10. The van der Waals surface area contributed by atoms with Gasteiger partial charge in [0.25, 0.3) is 0 Å². The van der Waals surface area contributed by atoms with Crippen LogP contribution in [0.1, 0.15) is 49.1 Å². The lowest BCUT2D eigenvalue weighted by molar-refractivity contribution is 0.523. The van der Waals surface area contributed by atoms with Crippen molar-refractivity contribution < 1.29 is 0 Å². The molecule has 3 nitrogen and oxygen atoms in total. The van der Waals surface area contributed by atoms with Crippen molar-refractivity contribution in [1.29, 1.82) is 0 Å². The van der Waals surface area contributed by atoms with Gasteiger partial charge in [-0.25, -0.2) is 4.98 Å². The Kier molecular flexibility index (Phi) is 3.87. The zero-order chi connectivity index (χ0) is 13.1. The first kappa shape index (κ1) is 12.7. The van der Waals surface area contributed by atoms with Gasteiger partial charge in [0, 0.05) is 23.3 Å². The molecule has 0 amide bonds. The Morgan fingerprint density at radius 1 is 1.42 bits per heavy atom. The van der Waals surface area contributed by atoms with E-state index in [-0.39, 0.29) is 0 Å². The fourth-order valence-electron chi connectivity index (χ4n) is 2.92. The van der Waals surface area contributed by atoms with Crippen LogP contribution < -0.4 is 5.32 Å². The Balaban J connectivity index is 1.68. The normalized spacial score (nSPS) is 16.1. The molecule has 1 aliphatic carbocycles. The number of imidazole rings is 1. The molecule has 2 aromatic heterocycles. The molecule has 2 heterocycles. The topological polar surface area (TPSA) is 29.9 Å². The number of nitrogens with zero attached hydrogens (tertiary/aromatic N) is 2. The predicted octanol–water partition coefficient (Wildman–Crippen LogP) is 4.23. The van der Waals surface area contributed by atoms with Crippen LogP contribution in [-0.2, 0) is 13.0 Å². The average Bonchev–Trinajstić information content (AvgIpc) is 3.16. The second kappa shape index (κ2) is 5.78. The Morgan fingerprint density at radius 2 is 2.26 bits per heavy atom. The maximum Gasteiger partial charge on any atom is 0.203 e. The number of thiophene rings is 1. The summed E-state index contributed by atoms with van der Waals surface area (Å²) in [5.74, 6) is 1.03. The van der Waals surface area contributed by atoms with Gasteiger partial charge in [0.1, 0.15) is 0 Å². The fraction of sp³-hybridized carbons (Fsp3) is 0.533. The van der Waals surface area contributed by atoms with Gasteiger partial charge >= 0.3 is 0 Å². The number of aryl methyl sites for hydroxylation is 1. The lowest BCUT2D eigenvalue weighted by atomic mass is 10.2. The average molecular weight is 275 g/mol. The molecule has 4 heteroatoms. The van der Waals surface area contributed by atoms with E-state index in [0.717, 1.165) is 18.9 Å². The Morgan fingerprint density at radius 3 is 3.05 bits per heavy atom. The largest absolute Gasteiger partial charge is 0.351 e. The van der Waals surface area contributed by atoms with Gasteiger partial charge in [-0.3, -0.25) is 0 Å². The van der Waals surface area contributed by atoms with E-state index >= 15 is 0 Å². The fourth-order valence-corrected chi connectivity index (χ4v) is 3.84. The lowest BCUT2D eigenvalue weighted by Gasteiger charge is -2.15. The number of hydrogen-bond donors (Lipinski definition) is 1. The molecule has 0 bridgehead atoms. The van der Waals surface area contributed by atoms with Crippen LogP contribution in [0.15, 0.2) is 23.8 Å². The molecular weight excluding hydrogens is 254 g/mol. The summed E-state index contributed by atoms with van der Waals surface area (Å²) in [6, 6.07) is 2.88. The van der Waals surface area contributed by atoms with Crippen molar-refractivity contribution in [1.82, 2.24) is 9.55 Å². The third-order valence-electron chi connectivity index (χ3n) is 4.01. The number of anilines is 1. The lowest BCUT2D eigenvalue weighted by Crippen LogP contribution is -2.10. The number of nitrogens with one attached hydrogen (secondary N) is 1. The molecule has 0 saturated heterocycles. The van der Waals surface area contributed by atoms with E-state index in [0.29, 0.717) is 6.04 Å². The minimum Gasteiger partial charge on any atom is -0.351 e. The van der Waals surface area contributed by atoms with Crippen molar-refractivity contribution in [3.05, 3.63) is 34.3 Å². The third-order valence-corrected chi connectivity index (χ3v) is 4.98. The number of hydrogen-bond acceptors (Lipinski definition) is 3. The monoisotopic (exact) mass is 275 g/mol. The van der Waals surface area contributed by atoms with Crippen molar-refractivity contribution in [3.63, 3.8) is 0 Å². The van der Waals surface area contributed by atoms with Crippen molar-refractivity contribution in [3.8, 4) is 0 Å². The summed E-state index contributed by atoms with van der Waals surface area (Å²) >= 11 is 1.83. The third kappa shape index (κ3) is 2.68. The summed E-state index contributed by atoms with van der Waals surface area (Å²) in [5.41, 5.74) is 1.46. The molecule has 0 atom stereocenters. The van der Waals surface area contributed by atoms with Gasteiger partial charge in [0.05, 0.1) is 6.54 Å². The van der Waals surface area contributed by atoms with Crippen molar-refractivity contribution >= 4 is 17.3 Å². The second-order valence-corrected chi connectivity index (χ2v) is 6.17. The minimum atomic E-state index is 0.652. The first-order chi connectivity index (χ1) is 9.38. The van der Waals surface area contributed by atoms with E-state index in [1.165, 1.54) is 36.1 Å². The van der Waals surface area contributed by atoms with Crippen LogP contribution in [0, 0.1) is 0 Å². The van der Waals surface area contributed by atoms with E-state index in [1.54, 1.807) is 0 Å². The van der Waals surface area contributed by atoms with Gasteiger partial charge in [0.2, 0.25) is 5.95 Å². The van der Waals surface area contributed by atoms with Gasteiger partial charge in [-0.1, -0.05) is 19.8 Å². The number of rotatable bonds is 5. The maximum atomic E-state index is 4.47. The van der Waals surface area contributed by atoms with E-state index < -0.39 is 0 Å². The molecule has 0 aliphatic heterocycles. The molecule has 1 saturated carbocycles. The maximum absolute atomic E-state index is 4.47. The van der Waals surface area contributed by atoms with Gasteiger partial charge in [-0.2, -0.15) is 0 Å². The van der Waals surface area contributed by atoms with Gasteiger partial charge < -0.3 is 9.88 Å². The minimum absolute atomic E-state index is 0.652. The molecule has 1 fully saturated rings. The molecule has 0 aromatic carbocycles. The molecule has 2 aromatic rings. The van der Waals surface area contributed by atoms with Crippen molar-refractivity contribution in [2.75, 3.05) is 5.32 Å². The molecular formula is C15H21N3S. The molecule has 0 unspecified atom stereocenters. The van der Waals surface area contributed by atoms with Crippen LogP contribution in [0.2, 0.25) is 0 Å². The van der Waals surface area contributed by atoms with E-state index in [4.69, 9.17) is 0 Å². The Bertz CT molecular complexity index is 523. The second-order valence-electron chi connectivity index (χ2n) is 5.17. The van der Waals surface area contributed by atoms with Crippen LogP contribution in [0.3, 0.4) is 0 Å². The Labute approximate surface area is 118 Å². The van der Waals surface area contributed by atoms with Crippen LogP contribution in [0.5, 0.6) is 0 Å². The molecule has 1 aliphatic rings. The summed E-state index contributed by atoms with van der Waals surface area (Å²) in [4.78, 5) is 5.91. The smallest absolute Gasteiger partial charge is 0.203 e. The first-order valence-corrected chi connectivity index (χ1v) is 8.08. The van der Waals surface area contributed by atoms with E-state index in [9.17, 15) is 0 Å². The quantitative estimate of drug-likeness (QED) is 0.884. The van der Waals surface area contributed by atoms with Crippen LogP contribution in [0.25, 0.3) is 0 Å². The molecule has 3 rings (SSSR count). The summed E-state index contributed by atoms with van der Waals surface area (Å²) in [6.45, 7) is 3.11. The van der Waals surface area contributed by atoms with Crippen molar-refractivity contribution in [2.45, 2.75) is 51.6 Å². The van der Waals surface area contributed by atoms with Gasteiger partial charge in [-0.05, 0) is 36.3 Å².